The fourth-order valence-electron chi connectivity index (χ4n) is 3.32. The van der Waals surface area contributed by atoms with Gasteiger partial charge in [0.25, 0.3) is 0 Å². The van der Waals surface area contributed by atoms with Crippen molar-refractivity contribution in [3.63, 3.8) is 0 Å². The number of hydrogen-bond acceptors (Lipinski definition) is 9. The number of rotatable bonds is 8. The third-order valence-corrected chi connectivity index (χ3v) is 4.85. The fraction of sp³-hybridized carbons (Fsp3) is 0.550. The van der Waals surface area contributed by atoms with Crippen molar-refractivity contribution in [2.75, 3.05) is 42.2 Å². The molecule has 1 saturated heterocycles. The highest BCUT2D eigenvalue weighted by Crippen LogP contribution is 2.24. The molecule has 9 heteroatoms. The van der Waals surface area contributed by atoms with Crippen molar-refractivity contribution in [1.82, 2.24) is 20.3 Å². The average Bonchev–Trinajstić information content (AvgIpc) is 3.15. The highest BCUT2D eigenvalue weighted by atomic mass is 16.3. The predicted octanol–water partition coefficient (Wildman–Crippen LogP) is 1.74. The second kappa shape index (κ2) is 9.34. The van der Waals surface area contributed by atoms with E-state index >= 15 is 0 Å². The molecular weight excluding hydrogens is 368 g/mol. The first-order valence-corrected chi connectivity index (χ1v) is 10.1. The van der Waals surface area contributed by atoms with Crippen molar-refractivity contribution in [3.8, 4) is 0 Å². The summed E-state index contributed by atoms with van der Waals surface area (Å²) in [4.78, 5) is 15.8. The lowest BCUT2D eigenvalue weighted by atomic mass is 10.1. The van der Waals surface area contributed by atoms with Crippen LogP contribution < -0.4 is 26.6 Å². The second-order valence-electron chi connectivity index (χ2n) is 8.04. The Labute approximate surface area is 172 Å². The molecule has 0 saturated carbocycles. The lowest BCUT2D eigenvalue weighted by Crippen LogP contribution is -2.27. The number of aryl methyl sites for hydroxylation is 1. The van der Waals surface area contributed by atoms with E-state index in [1.807, 2.05) is 31.0 Å². The average molecular weight is 401 g/mol. The first kappa shape index (κ1) is 21.2. The van der Waals surface area contributed by atoms with Gasteiger partial charge < -0.3 is 31.7 Å². The molecular formula is C20H32N8O. The van der Waals surface area contributed by atoms with Gasteiger partial charge in [-0.2, -0.15) is 15.0 Å². The molecule has 1 aromatic carbocycles. The van der Waals surface area contributed by atoms with Crippen LogP contribution in [0.5, 0.6) is 0 Å². The number of nitrogens with one attached hydrogen (secondary N) is 3. The van der Waals surface area contributed by atoms with Gasteiger partial charge in [0.05, 0.1) is 0 Å². The quantitative estimate of drug-likeness (QED) is 0.421. The van der Waals surface area contributed by atoms with Gasteiger partial charge in [-0.1, -0.05) is 26.0 Å². The number of aromatic nitrogens is 3. The molecule has 6 N–H and O–H groups in total. The van der Waals surface area contributed by atoms with Crippen LogP contribution in [0, 0.1) is 12.8 Å². The first-order valence-electron chi connectivity index (χ1n) is 10.1. The van der Waals surface area contributed by atoms with Crippen molar-refractivity contribution in [2.24, 2.45) is 11.7 Å². The number of benzene rings is 1. The van der Waals surface area contributed by atoms with E-state index in [0.717, 1.165) is 37.3 Å². The minimum absolute atomic E-state index is 0.297. The number of aliphatic hydroxyl groups is 1. The third-order valence-electron chi connectivity index (χ3n) is 4.85. The number of nitrogens with two attached hydrogens (primary N) is 1. The van der Waals surface area contributed by atoms with E-state index in [4.69, 9.17) is 5.73 Å². The van der Waals surface area contributed by atoms with Crippen LogP contribution >= 0.6 is 0 Å². The Balaban J connectivity index is 1.90. The maximum Gasteiger partial charge on any atom is 0.233 e. The van der Waals surface area contributed by atoms with Crippen molar-refractivity contribution in [3.05, 3.63) is 29.3 Å². The van der Waals surface area contributed by atoms with Crippen LogP contribution in [0.4, 0.5) is 23.5 Å². The zero-order chi connectivity index (χ0) is 21.0. The molecule has 1 aliphatic heterocycles. The minimum atomic E-state index is -1.03. The normalized spacial score (nSPS) is 17.4. The van der Waals surface area contributed by atoms with Crippen molar-refractivity contribution >= 4 is 23.5 Å². The molecule has 0 spiro atoms. The van der Waals surface area contributed by atoms with Gasteiger partial charge in [-0.3, -0.25) is 0 Å². The molecule has 3 rings (SSSR count). The predicted molar refractivity (Wildman–Crippen MR) is 116 cm³/mol. The summed E-state index contributed by atoms with van der Waals surface area (Å²) in [5.74, 6) is 2.09. The van der Waals surface area contributed by atoms with Crippen LogP contribution in [0.2, 0.25) is 0 Å². The molecule has 29 heavy (non-hydrogen) atoms. The van der Waals surface area contributed by atoms with E-state index in [1.165, 1.54) is 0 Å². The number of aliphatic hydroxyl groups excluding tert-OH is 1. The van der Waals surface area contributed by atoms with Gasteiger partial charge >= 0.3 is 0 Å². The maximum absolute atomic E-state index is 9.70. The topological polar surface area (TPSA) is 124 Å². The van der Waals surface area contributed by atoms with Gasteiger partial charge in [0, 0.05) is 31.9 Å². The maximum atomic E-state index is 9.70. The minimum Gasteiger partial charge on any atom is -0.375 e. The Morgan fingerprint density at radius 2 is 2.03 bits per heavy atom. The lowest BCUT2D eigenvalue weighted by molar-refractivity contribution is 0.186. The Morgan fingerprint density at radius 3 is 2.69 bits per heavy atom. The third kappa shape index (κ3) is 5.75. The van der Waals surface area contributed by atoms with Gasteiger partial charge in [-0.05, 0) is 43.0 Å². The molecule has 1 fully saturated rings. The molecule has 1 aliphatic rings. The van der Waals surface area contributed by atoms with E-state index in [1.54, 1.807) is 6.07 Å². The highest BCUT2D eigenvalue weighted by molar-refractivity contribution is 5.61. The summed E-state index contributed by atoms with van der Waals surface area (Å²) in [6.45, 7) is 9.01. The summed E-state index contributed by atoms with van der Waals surface area (Å²) in [6, 6.07) is 5.82. The van der Waals surface area contributed by atoms with Gasteiger partial charge in [0.15, 0.2) is 0 Å². The smallest absolute Gasteiger partial charge is 0.233 e. The number of hydrogen-bond donors (Lipinski definition) is 5. The summed E-state index contributed by atoms with van der Waals surface area (Å²) in [7, 11) is 1.98. The number of anilines is 4. The van der Waals surface area contributed by atoms with E-state index in [9.17, 15) is 5.11 Å². The Bertz CT molecular complexity index is 820. The van der Waals surface area contributed by atoms with Crippen molar-refractivity contribution in [1.29, 1.82) is 0 Å². The van der Waals surface area contributed by atoms with E-state index < -0.39 is 6.23 Å². The largest absolute Gasteiger partial charge is 0.375 e. The lowest BCUT2D eigenvalue weighted by Gasteiger charge is -2.21. The molecule has 1 unspecified atom stereocenters. The SMILES string of the molecule is Cc1ccc(C(N)O)cc1Nc1nc(N[C@@H]2CCNC2)nc(N(C)CC(C)C)n1. The molecule has 0 aliphatic carbocycles. The van der Waals surface area contributed by atoms with Crippen LogP contribution in [0.25, 0.3) is 0 Å². The van der Waals surface area contributed by atoms with E-state index in [-0.39, 0.29) is 0 Å². The Hall–Kier alpha value is -2.49. The highest BCUT2D eigenvalue weighted by Gasteiger charge is 2.18. The van der Waals surface area contributed by atoms with E-state index in [2.05, 4.69) is 44.7 Å². The Morgan fingerprint density at radius 1 is 1.28 bits per heavy atom. The van der Waals surface area contributed by atoms with Crippen molar-refractivity contribution in [2.45, 2.75) is 39.5 Å². The van der Waals surface area contributed by atoms with Crippen LogP contribution in [-0.4, -0.2) is 52.8 Å². The van der Waals surface area contributed by atoms with Crippen LogP contribution in [-0.2, 0) is 0 Å². The molecule has 158 valence electrons. The van der Waals surface area contributed by atoms with Gasteiger partial charge in [0.2, 0.25) is 17.8 Å². The standard InChI is InChI=1S/C20H32N8O/c1-12(2)11-28(4)20-26-18(23-15-7-8-22-10-15)25-19(27-20)24-16-9-14(17(21)29)6-5-13(16)3/h5-6,9,12,15,17,22,29H,7-8,10-11,21H2,1-4H3,(H2,23,24,25,26,27)/t15-,17?/m1/s1. The number of nitrogens with zero attached hydrogens (tertiary/aromatic N) is 4. The van der Waals surface area contributed by atoms with Gasteiger partial charge in [-0.25, -0.2) is 0 Å². The second-order valence-corrected chi connectivity index (χ2v) is 8.04. The zero-order valence-electron chi connectivity index (χ0n) is 17.6. The summed E-state index contributed by atoms with van der Waals surface area (Å²) in [6.07, 6.45) is -0.00410. The molecule has 0 bridgehead atoms. The summed E-state index contributed by atoms with van der Waals surface area (Å²) >= 11 is 0. The Kier molecular flexibility index (Phi) is 6.83. The summed E-state index contributed by atoms with van der Waals surface area (Å²) in [5, 5.41) is 19.7. The summed E-state index contributed by atoms with van der Waals surface area (Å²) in [5.41, 5.74) is 8.04. The van der Waals surface area contributed by atoms with Crippen LogP contribution in [0.1, 0.15) is 37.6 Å². The van der Waals surface area contributed by atoms with Crippen LogP contribution in [0.15, 0.2) is 18.2 Å². The fourth-order valence-corrected chi connectivity index (χ4v) is 3.32. The van der Waals surface area contributed by atoms with E-state index in [0.29, 0.717) is 35.4 Å². The molecule has 2 atom stereocenters. The first-order chi connectivity index (χ1) is 13.8. The van der Waals surface area contributed by atoms with Crippen LogP contribution in [0.3, 0.4) is 0 Å². The van der Waals surface area contributed by atoms with Gasteiger partial charge in [0.1, 0.15) is 6.23 Å². The van der Waals surface area contributed by atoms with Crippen molar-refractivity contribution < 1.29 is 5.11 Å². The van der Waals surface area contributed by atoms with Gasteiger partial charge in [-0.15, -0.1) is 0 Å². The zero-order valence-corrected chi connectivity index (χ0v) is 17.6. The molecule has 1 aromatic heterocycles. The molecule has 9 nitrogen and oxygen atoms in total. The molecule has 0 amide bonds. The summed E-state index contributed by atoms with van der Waals surface area (Å²) < 4.78 is 0. The molecule has 2 heterocycles. The monoisotopic (exact) mass is 400 g/mol. The molecule has 0 radical (unpaired) electrons. The molecule has 2 aromatic rings.